The highest BCUT2D eigenvalue weighted by Crippen LogP contribution is 2.26. The molecule has 140 valence electrons. The SMILES string of the molecule is CC(C)C[C@H](C)O[Si](Cl)(O[C@@H](C)CC(C)C)O[C@@H](C)CC(C)C. The monoisotopic (exact) mass is 366 g/mol. The van der Waals surface area contributed by atoms with Crippen molar-refractivity contribution in [3.05, 3.63) is 0 Å². The summed E-state index contributed by atoms with van der Waals surface area (Å²) in [5.41, 5.74) is 0. The highest BCUT2D eigenvalue weighted by Gasteiger charge is 2.45. The van der Waals surface area contributed by atoms with Crippen LogP contribution in [0, 0.1) is 17.8 Å². The Bertz CT molecular complexity index is 265. The van der Waals surface area contributed by atoms with Crippen molar-refractivity contribution in [3.63, 3.8) is 0 Å². The zero-order chi connectivity index (χ0) is 18.2. The van der Waals surface area contributed by atoms with Crippen LogP contribution >= 0.6 is 11.1 Å². The summed E-state index contributed by atoms with van der Waals surface area (Å²) in [6, 6.07) is 0. The van der Waals surface area contributed by atoms with Gasteiger partial charge < -0.3 is 13.3 Å². The van der Waals surface area contributed by atoms with Gasteiger partial charge in [-0.3, -0.25) is 0 Å². The molecule has 0 fully saturated rings. The molecule has 5 heteroatoms. The number of hydrogen-bond donors (Lipinski definition) is 0. The van der Waals surface area contributed by atoms with Crippen LogP contribution in [0.1, 0.15) is 81.6 Å². The van der Waals surface area contributed by atoms with E-state index in [1.807, 2.05) is 0 Å². The standard InChI is InChI=1S/C18H39ClO3Si/c1-13(2)10-16(7)20-23(19,21-17(8)11-14(3)4)22-18(9)12-15(5)6/h13-18H,10-12H2,1-9H3/t16-,17-,18-/m0/s1. The molecule has 0 heterocycles. The maximum Gasteiger partial charge on any atom is 0.613 e. The normalized spacial score (nSPS) is 17.1. The Balaban J connectivity index is 4.87. The van der Waals surface area contributed by atoms with Crippen LogP contribution in [0.25, 0.3) is 0 Å². The quantitative estimate of drug-likeness (QED) is 0.312. The van der Waals surface area contributed by atoms with E-state index in [1.165, 1.54) is 0 Å². The van der Waals surface area contributed by atoms with Gasteiger partial charge in [-0.15, -0.1) is 0 Å². The lowest BCUT2D eigenvalue weighted by molar-refractivity contribution is -0.00248. The molecule has 23 heavy (non-hydrogen) atoms. The largest absolute Gasteiger partial charge is 0.613 e. The Kier molecular flexibility index (Phi) is 11.3. The van der Waals surface area contributed by atoms with E-state index in [0.29, 0.717) is 17.8 Å². The fourth-order valence-electron chi connectivity index (χ4n) is 2.94. The van der Waals surface area contributed by atoms with Gasteiger partial charge in [0.1, 0.15) is 0 Å². The third kappa shape index (κ3) is 12.4. The van der Waals surface area contributed by atoms with Gasteiger partial charge in [0.2, 0.25) is 0 Å². The molecule has 0 N–H and O–H groups in total. The average molecular weight is 367 g/mol. The first-order chi connectivity index (χ1) is 10.4. The number of hydrogen-bond acceptors (Lipinski definition) is 3. The van der Waals surface area contributed by atoms with Gasteiger partial charge in [0, 0.05) is 18.3 Å². The van der Waals surface area contributed by atoms with Crippen molar-refractivity contribution < 1.29 is 13.3 Å². The van der Waals surface area contributed by atoms with E-state index in [9.17, 15) is 0 Å². The minimum absolute atomic E-state index is 0.0386. The van der Waals surface area contributed by atoms with Crippen LogP contribution in [-0.2, 0) is 13.3 Å². The van der Waals surface area contributed by atoms with Gasteiger partial charge in [0.25, 0.3) is 0 Å². The molecule has 3 atom stereocenters. The summed E-state index contributed by atoms with van der Waals surface area (Å²) in [5, 5.41) is 0. The van der Waals surface area contributed by atoms with E-state index in [2.05, 4.69) is 62.3 Å². The van der Waals surface area contributed by atoms with E-state index in [0.717, 1.165) is 19.3 Å². The second kappa shape index (κ2) is 11.1. The molecule has 0 aliphatic carbocycles. The van der Waals surface area contributed by atoms with Crippen molar-refractivity contribution in [2.75, 3.05) is 0 Å². The summed E-state index contributed by atoms with van der Waals surface area (Å²) >= 11 is 6.75. The summed E-state index contributed by atoms with van der Waals surface area (Å²) in [6.45, 7) is 19.3. The van der Waals surface area contributed by atoms with Crippen molar-refractivity contribution in [2.24, 2.45) is 17.8 Å². The fourth-order valence-corrected chi connectivity index (χ4v) is 6.21. The minimum Gasteiger partial charge on any atom is -0.359 e. The lowest BCUT2D eigenvalue weighted by atomic mass is 10.1. The Morgan fingerprint density at radius 1 is 0.565 bits per heavy atom. The maximum absolute atomic E-state index is 6.75. The molecular formula is C18H39ClO3Si. The summed E-state index contributed by atoms with van der Waals surface area (Å²) in [6.07, 6.45) is 2.96. The highest BCUT2D eigenvalue weighted by molar-refractivity contribution is 7.09. The van der Waals surface area contributed by atoms with Crippen molar-refractivity contribution in [1.29, 1.82) is 0 Å². The van der Waals surface area contributed by atoms with Gasteiger partial charge in [-0.05, 0) is 57.8 Å². The molecule has 0 saturated carbocycles. The van der Waals surface area contributed by atoms with E-state index in [4.69, 9.17) is 24.4 Å². The molecule has 0 unspecified atom stereocenters. The predicted octanol–water partition coefficient (Wildman–Crippen LogP) is 6.01. The summed E-state index contributed by atoms with van der Waals surface area (Å²) in [4.78, 5) is 0. The average Bonchev–Trinajstić information content (AvgIpc) is 2.22. The summed E-state index contributed by atoms with van der Waals surface area (Å²) in [7, 11) is -3.17. The molecule has 3 nitrogen and oxygen atoms in total. The molecule has 0 aromatic rings. The van der Waals surface area contributed by atoms with Crippen LogP contribution in [0.4, 0.5) is 0 Å². The first-order valence-corrected chi connectivity index (χ1v) is 11.9. The van der Waals surface area contributed by atoms with Gasteiger partial charge in [0.05, 0.1) is 0 Å². The second-order valence-electron chi connectivity index (χ2n) is 8.16. The van der Waals surface area contributed by atoms with Crippen LogP contribution in [-0.4, -0.2) is 26.4 Å². The van der Waals surface area contributed by atoms with Crippen LogP contribution in [0.2, 0.25) is 0 Å². The van der Waals surface area contributed by atoms with Crippen LogP contribution in [0.3, 0.4) is 0 Å². The first kappa shape index (κ1) is 23.4. The first-order valence-electron chi connectivity index (χ1n) is 9.15. The van der Waals surface area contributed by atoms with Crippen molar-refractivity contribution in [3.8, 4) is 0 Å². The van der Waals surface area contributed by atoms with E-state index >= 15 is 0 Å². The van der Waals surface area contributed by atoms with E-state index in [1.54, 1.807) is 0 Å². The Morgan fingerprint density at radius 2 is 0.783 bits per heavy atom. The zero-order valence-corrected chi connectivity index (χ0v) is 18.4. The number of rotatable bonds is 12. The minimum atomic E-state index is -3.17. The Hall–Kier alpha value is 0.387. The molecule has 0 rings (SSSR count). The lowest BCUT2D eigenvalue weighted by Gasteiger charge is -2.32. The Labute approximate surface area is 150 Å². The molecule has 0 bridgehead atoms. The van der Waals surface area contributed by atoms with Gasteiger partial charge in [-0.25, -0.2) is 0 Å². The molecule has 0 aromatic carbocycles. The molecule has 0 amide bonds. The number of halogens is 1. The van der Waals surface area contributed by atoms with Gasteiger partial charge >= 0.3 is 8.11 Å². The second-order valence-corrected chi connectivity index (χ2v) is 11.2. The van der Waals surface area contributed by atoms with E-state index in [-0.39, 0.29) is 18.3 Å². The van der Waals surface area contributed by atoms with Gasteiger partial charge in [0.15, 0.2) is 0 Å². The van der Waals surface area contributed by atoms with E-state index < -0.39 is 8.11 Å². The summed E-state index contributed by atoms with van der Waals surface area (Å²) in [5.74, 6) is 1.67. The van der Waals surface area contributed by atoms with Crippen LogP contribution < -0.4 is 0 Å². The lowest BCUT2D eigenvalue weighted by Crippen LogP contribution is -2.47. The maximum atomic E-state index is 6.75. The summed E-state index contributed by atoms with van der Waals surface area (Å²) < 4.78 is 18.3. The van der Waals surface area contributed by atoms with Crippen molar-refractivity contribution in [2.45, 2.75) is 99.9 Å². The van der Waals surface area contributed by atoms with Crippen LogP contribution in [0.5, 0.6) is 0 Å². The molecule has 0 aromatic heterocycles. The molecular weight excluding hydrogens is 328 g/mol. The van der Waals surface area contributed by atoms with Gasteiger partial charge in [-0.2, -0.15) is 0 Å². The zero-order valence-electron chi connectivity index (χ0n) is 16.7. The molecule has 0 spiro atoms. The molecule has 0 aliphatic rings. The molecule has 0 radical (unpaired) electrons. The smallest absolute Gasteiger partial charge is 0.359 e. The molecule has 0 saturated heterocycles. The van der Waals surface area contributed by atoms with Crippen molar-refractivity contribution in [1.82, 2.24) is 0 Å². The van der Waals surface area contributed by atoms with Gasteiger partial charge in [-0.1, -0.05) is 52.6 Å². The highest BCUT2D eigenvalue weighted by atomic mass is 35.6. The van der Waals surface area contributed by atoms with Crippen molar-refractivity contribution >= 4 is 19.2 Å². The third-order valence-corrected chi connectivity index (χ3v) is 6.29. The molecule has 0 aliphatic heterocycles. The third-order valence-electron chi connectivity index (χ3n) is 3.44. The topological polar surface area (TPSA) is 27.7 Å². The predicted molar refractivity (Wildman–Crippen MR) is 102 cm³/mol. The van der Waals surface area contributed by atoms with Crippen LogP contribution in [0.15, 0.2) is 0 Å². The Morgan fingerprint density at radius 3 is 0.957 bits per heavy atom. The fraction of sp³-hybridized carbons (Fsp3) is 1.00.